The summed E-state index contributed by atoms with van der Waals surface area (Å²) in [6, 6.07) is 0. The molecule has 24 heavy (non-hydrogen) atoms. The third-order valence-electron chi connectivity index (χ3n) is 6.22. The first-order chi connectivity index (χ1) is 11.7. The molecule has 3 rings (SSSR count). The largest absolute Gasteiger partial charge is 0.342 e. The fourth-order valence-corrected chi connectivity index (χ4v) is 4.50. The lowest BCUT2D eigenvalue weighted by atomic mass is 9.80. The van der Waals surface area contributed by atoms with Crippen molar-refractivity contribution in [2.24, 2.45) is 11.8 Å². The van der Waals surface area contributed by atoms with Crippen LogP contribution in [0.2, 0.25) is 0 Å². The Hall–Kier alpha value is -1.10. The highest BCUT2D eigenvalue weighted by molar-refractivity contribution is 5.81. The molecule has 2 heterocycles. The summed E-state index contributed by atoms with van der Waals surface area (Å²) >= 11 is 0. The van der Waals surface area contributed by atoms with Crippen LogP contribution in [0.4, 0.5) is 0 Å². The van der Waals surface area contributed by atoms with E-state index < -0.39 is 0 Å². The van der Waals surface area contributed by atoms with Crippen molar-refractivity contribution in [3.05, 3.63) is 0 Å². The van der Waals surface area contributed by atoms with Crippen molar-refractivity contribution in [3.8, 4) is 0 Å². The van der Waals surface area contributed by atoms with Crippen LogP contribution in [-0.4, -0.2) is 72.3 Å². The van der Waals surface area contributed by atoms with E-state index in [0.29, 0.717) is 11.8 Å². The maximum Gasteiger partial charge on any atom is 0.225 e. The number of carbonyl (C=O) groups excluding carboxylic acids is 2. The van der Waals surface area contributed by atoms with Gasteiger partial charge in [-0.05, 0) is 51.5 Å². The van der Waals surface area contributed by atoms with Crippen molar-refractivity contribution in [1.29, 1.82) is 0 Å². The zero-order chi connectivity index (χ0) is 16.9. The highest BCUT2D eigenvalue weighted by Gasteiger charge is 2.34. The van der Waals surface area contributed by atoms with Crippen molar-refractivity contribution in [3.63, 3.8) is 0 Å². The summed E-state index contributed by atoms with van der Waals surface area (Å²) in [5.41, 5.74) is 0. The van der Waals surface area contributed by atoms with Crippen molar-refractivity contribution in [1.82, 2.24) is 14.7 Å². The highest BCUT2D eigenvalue weighted by Crippen LogP contribution is 2.32. The van der Waals surface area contributed by atoms with E-state index in [9.17, 15) is 9.59 Å². The zero-order valence-electron chi connectivity index (χ0n) is 15.2. The number of piperidine rings is 1. The highest BCUT2D eigenvalue weighted by atomic mass is 16.2. The molecule has 5 nitrogen and oxygen atoms in total. The molecule has 2 amide bonds. The molecule has 1 aliphatic carbocycles. The SMILES string of the molecule is CCN1CCN(C(=O)C2CCC(C(=O)N3CCCCC3)CC2)CC1. The van der Waals surface area contributed by atoms with Gasteiger partial charge in [0.1, 0.15) is 0 Å². The van der Waals surface area contributed by atoms with Crippen LogP contribution < -0.4 is 0 Å². The molecule has 0 aromatic carbocycles. The third kappa shape index (κ3) is 4.11. The molecule has 0 unspecified atom stereocenters. The lowest BCUT2D eigenvalue weighted by molar-refractivity contribution is -0.142. The maximum atomic E-state index is 12.7. The summed E-state index contributed by atoms with van der Waals surface area (Å²) < 4.78 is 0. The molecule has 136 valence electrons. The first-order valence-electron chi connectivity index (χ1n) is 9.99. The fraction of sp³-hybridized carbons (Fsp3) is 0.895. The molecule has 5 heteroatoms. The Balaban J connectivity index is 1.44. The Morgan fingerprint density at radius 3 is 1.62 bits per heavy atom. The second kappa shape index (κ2) is 8.32. The molecule has 0 N–H and O–H groups in total. The van der Waals surface area contributed by atoms with E-state index >= 15 is 0 Å². The smallest absolute Gasteiger partial charge is 0.225 e. The van der Waals surface area contributed by atoms with E-state index in [4.69, 9.17) is 0 Å². The molecular formula is C19H33N3O2. The van der Waals surface area contributed by atoms with Crippen LogP contribution in [0, 0.1) is 11.8 Å². The van der Waals surface area contributed by atoms with Crippen LogP contribution in [0.15, 0.2) is 0 Å². The van der Waals surface area contributed by atoms with Gasteiger partial charge in [0.05, 0.1) is 0 Å². The number of hydrogen-bond acceptors (Lipinski definition) is 3. The van der Waals surface area contributed by atoms with E-state index in [-0.39, 0.29) is 11.8 Å². The second-order valence-corrected chi connectivity index (χ2v) is 7.69. The van der Waals surface area contributed by atoms with Gasteiger partial charge in [-0.25, -0.2) is 0 Å². The molecule has 3 aliphatic rings. The predicted molar refractivity (Wildman–Crippen MR) is 94.6 cm³/mol. The topological polar surface area (TPSA) is 43.9 Å². The van der Waals surface area contributed by atoms with Crippen molar-refractivity contribution in [2.45, 2.75) is 51.9 Å². The first-order valence-corrected chi connectivity index (χ1v) is 9.99. The summed E-state index contributed by atoms with van der Waals surface area (Å²) in [6.45, 7) is 8.90. The molecule has 2 aliphatic heterocycles. The van der Waals surface area contributed by atoms with Gasteiger partial charge >= 0.3 is 0 Å². The van der Waals surface area contributed by atoms with Gasteiger partial charge in [0, 0.05) is 51.1 Å². The Kier molecular flexibility index (Phi) is 6.14. The van der Waals surface area contributed by atoms with Crippen LogP contribution in [0.1, 0.15) is 51.9 Å². The Labute approximate surface area is 146 Å². The lowest BCUT2D eigenvalue weighted by Crippen LogP contribution is -2.50. The number of carbonyl (C=O) groups is 2. The van der Waals surface area contributed by atoms with Crippen molar-refractivity contribution >= 4 is 11.8 Å². The van der Waals surface area contributed by atoms with Gasteiger partial charge in [0.2, 0.25) is 11.8 Å². The molecule has 0 radical (unpaired) electrons. The monoisotopic (exact) mass is 335 g/mol. The van der Waals surface area contributed by atoms with Crippen LogP contribution in [0.25, 0.3) is 0 Å². The number of rotatable bonds is 3. The number of piperazine rings is 1. The summed E-state index contributed by atoms with van der Waals surface area (Å²) in [4.78, 5) is 31.9. The van der Waals surface area contributed by atoms with E-state index in [1.165, 1.54) is 6.42 Å². The molecule has 0 aromatic rings. The molecule has 0 aromatic heterocycles. The molecule has 0 spiro atoms. The van der Waals surface area contributed by atoms with Crippen molar-refractivity contribution < 1.29 is 9.59 Å². The molecular weight excluding hydrogens is 302 g/mol. The maximum absolute atomic E-state index is 12.7. The second-order valence-electron chi connectivity index (χ2n) is 7.69. The Morgan fingerprint density at radius 1 is 0.708 bits per heavy atom. The number of hydrogen-bond donors (Lipinski definition) is 0. The standard InChI is InChI=1S/C19H33N3O2/c1-2-20-12-14-22(15-13-20)19(24)17-8-6-16(7-9-17)18(23)21-10-4-3-5-11-21/h16-17H,2-15H2,1H3. The minimum Gasteiger partial charge on any atom is -0.342 e. The van der Waals surface area contributed by atoms with Gasteiger partial charge in [0.25, 0.3) is 0 Å². The van der Waals surface area contributed by atoms with Gasteiger partial charge in [-0.1, -0.05) is 6.92 Å². The van der Waals surface area contributed by atoms with Gasteiger partial charge in [-0.15, -0.1) is 0 Å². The summed E-state index contributed by atoms with van der Waals surface area (Å²) in [5, 5.41) is 0. The molecule has 2 saturated heterocycles. The zero-order valence-corrected chi connectivity index (χ0v) is 15.2. The number of amides is 2. The third-order valence-corrected chi connectivity index (χ3v) is 6.22. The molecule has 0 bridgehead atoms. The summed E-state index contributed by atoms with van der Waals surface area (Å²) in [6.07, 6.45) is 7.18. The average molecular weight is 335 g/mol. The summed E-state index contributed by atoms with van der Waals surface area (Å²) in [7, 11) is 0. The molecule has 3 fully saturated rings. The predicted octanol–water partition coefficient (Wildman–Crippen LogP) is 1.97. The lowest BCUT2D eigenvalue weighted by Gasteiger charge is -2.38. The Morgan fingerprint density at radius 2 is 1.17 bits per heavy atom. The Bertz CT molecular complexity index is 432. The van der Waals surface area contributed by atoms with Crippen LogP contribution >= 0.6 is 0 Å². The van der Waals surface area contributed by atoms with Gasteiger partial charge in [-0.3, -0.25) is 9.59 Å². The van der Waals surface area contributed by atoms with Gasteiger partial charge < -0.3 is 14.7 Å². The van der Waals surface area contributed by atoms with E-state index in [1.807, 2.05) is 0 Å². The minimum absolute atomic E-state index is 0.156. The molecule has 1 saturated carbocycles. The quantitative estimate of drug-likeness (QED) is 0.792. The van der Waals surface area contributed by atoms with Gasteiger partial charge in [-0.2, -0.15) is 0 Å². The van der Waals surface area contributed by atoms with Crippen LogP contribution in [0.5, 0.6) is 0 Å². The number of nitrogens with zero attached hydrogens (tertiary/aromatic N) is 3. The van der Waals surface area contributed by atoms with E-state index in [0.717, 1.165) is 84.3 Å². The number of likely N-dealkylation sites (N-methyl/N-ethyl adjacent to an activating group) is 1. The first kappa shape index (κ1) is 17.7. The van der Waals surface area contributed by atoms with E-state index in [2.05, 4.69) is 21.6 Å². The van der Waals surface area contributed by atoms with E-state index in [1.54, 1.807) is 0 Å². The van der Waals surface area contributed by atoms with Crippen LogP contribution in [-0.2, 0) is 9.59 Å². The molecule has 0 atom stereocenters. The average Bonchev–Trinajstić information content (AvgIpc) is 2.68. The normalized spacial score (nSPS) is 29.5. The summed E-state index contributed by atoms with van der Waals surface area (Å²) in [5.74, 6) is 1.03. The van der Waals surface area contributed by atoms with Crippen molar-refractivity contribution in [2.75, 3.05) is 45.8 Å². The van der Waals surface area contributed by atoms with Gasteiger partial charge in [0.15, 0.2) is 0 Å². The fourth-order valence-electron chi connectivity index (χ4n) is 4.50. The van der Waals surface area contributed by atoms with Crippen LogP contribution in [0.3, 0.4) is 0 Å². The minimum atomic E-state index is 0.156. The number of likely N-dealkylation sites (tertiary alicyclic amines) is 1.